The molecular formula is C17H19ClN4OS. The van der Waals surface area contributed by atoms with Crippen molar-refractivity contribution < 1.29 is 4.79 Å². The van der Waals surface area contributed by atoms with Crippen molar-refractivity contribution in [2.75, 3.05) is 6.54 Å². The lowest BCUT2D eigenvalue weighted by molar-refractivity contribution is -0.121. The Hall–Kier alpha value is -1.92. The summed E-state index contributed by atoms with van der Waals surface area (Å²) in [5, 5.41) is 3.66. The molecule has 0 aliphatic rings. The fraction of sp³-hybridized carbons (Fsp3) is 0.353. The molecule has 1 amide bonds. The molecule has 2 aromatic heterocycles. The fourth-order valence-corrected chi connectivity index (χ4v) is 3.47. The summed E-state index contributed by atoms with van der Waals surface area (Å²) in [4.78, 5) is 25.0. The van der Waals surface area contributed by atoms with Gasteiger partial charge in [0, 0.05) is 29.3 Å². The molecule has 0 saturated heterocycles. The summed E-state index contributed by atoms with van der Waals surface area (Å²) < 4.78 is 0. The van der Waals surface area contributed by atoms with E-state index in [2.05, 4.69) is 20.3 Å². The number of amides is 1. The van der Waals surface area contributed by atoms with Gasteiger partial charge in [0.25, 0.3) is 0 Å². The van der Waals surface area contributed by atoms with Gasteiger partial charge in [-0.25, -0.2) is 9.97 Å². The van der Waals surface area contributed by atoms with Crippen molar-refractivity contribution in [2.45, 2.75) is 32.6 Å². The van der Waals surface area contributed by atoms with Crippen LogP contribution in [0.25, 0.3) is 11.0 Å². The first-order chi connectivity index (χ1) is 11.6. The average molecular weight is 363 g/mol. The number of halogens is 1. The maximum atomic E-state index is 11.9. The molecule has 0 atom stereocenters. The molecule has 0 fully saturated rings. The Bertz CT molecular complexity index is 842. The molecular weight excluding hydrogens is 344 g/mol. The number of H-pyrrole nitrogens is 1. The van der Waals surface area contributed by atoms with E-state index in [-0.39, 0.29) is 5.91 Å². The Labute approximate surface area is 149 Å². The van der Waals surface area contributed by atoms with E-state index in [4.69, 9.17) is 11.6 Å². The molecule has 3 aromatic rings. The number of hydrogen-bond acceptors (Lipinski definition) is 4. The molecule has 5 nitrogen and oxygen atoms in total. The molecule has 1 aromatic carbocycles. The van der Waals surface area contributed by atoms with Crippen LogP contribution in [0.1, 0.15) is 29.2 Å². The van der Waals surface area contributed by atoms with Gasteiger partial charge >= 0.3 is 0 Å². The van der Waals surface area contributed by atoms with E-state index in [1.807, 2.05) is 30.6 Å². The van der Waals surface area contributed by atoms with Crippen molar-refractivity contribution in [3.8, 4) is 0 Å². The topological polar surface area (TPSA) is 70.7 Å². The van der Waals surface area contributed by atoms with Gasteiger partial charge in [-0.3, -0.25) is 4.79 Å². The Kier molecular flexibility index (Phi) is 5.48. The number of aryl methyl sites for hydroxylation is 3. The summed E-state index contributed by atoms with van der Waals surface area (Å²) in [5.41, 5.74) is 4.71. The van der Waals surface area contributed by atoms with Crippen LogP contribution < -0.4 is 5.32 Å². The van der Waals surface area contributed by atoms with Crippen molar-refractivity contribution in [1.82, 2.24) is 20.3 Å². The van der Waals surface area contributed by atoms with Gasteiger partial charge < -0.3 is 10.3 Å². The quantitative estimate of drug-likeness (QED) is 0.630. The lowest BCUT2D eigenvalue weighted by Crippen LogP contribution is -2.25. The van der Waals surface area contributed by atoms with Gasteiger partial charge in [0.05, 0.1) is 22.2 Å². The zero-order valence-corrected chi connectivity index (χ0v) is 15.0. The number of aromatic amines is 1. The number of thiazole rings is 1. The normalized spacial score (nSPS) is 11.1. The number of benzene rings is 1. The molecule has 0 unspecified atom stereocenters. The smallest absolute Gasteiger partial charge is 0.220 e. The van der Waals surface area contributed by atoms with Crippen molar-refractivity contribution in [3.05, 3.63) is 45.1 Å². The number of nitrogens with one attached hydrogen (secondary N) is 2. The van der Waals surface area contributed by atoms with Crippen LogP contribution in [0.5, 0.6) is 0 Å². The molecule has 3 rings (SSSR count). The molecule has 126 valence electrons. The van der Waals surface area contributed by atoms with Crippen LogP contribution in [-0.2, 0) is 17.6 Å². The van der Waals surface area contributed by atoms with E-state index in [1.54, 1.807) is 11.3 Å². The minimum atomic E-state index is 0.0826. The minimum absolute atomic E-state index is 0.0826. The van der Waals surface area contributed by atoms with E-state index in [9.17, 15) is 4.79 Å². The third-order valence-corrected chi connectivity index (χ3v) is 5.06. The maximum absolute atomic E-state index is 11.9. The van der Waals surface area contributed by atoms with Crippen LogP contribution in [0.3, 0.4) is 0 Å². The highest BCUT2D eigenvalue weighted by molar-refractivity contribution is 7.09. The number of hydrogen-bond donors (Lipinski definition) is 2. The predicted molar refractivity (Wildman–Crippen MR) is 97.6 cm³/mol. The third kappa shape index (κ3) is 4.33. The number of carbonyl (C=O) groups is 1. The van der Waals surface area contributed by atoms with Gasteiger partial charge in [0.1, 0.15) is 5.82 Å². The summed E-state index contributed by atoms with van der Waals surface area (Å²) >= 11 is 7.57. The molecule has 0 aliphatic carbocycles. The highest BCUT2D eigenvalue weighted by Gasteiger charge is 2.07. The van der Waals surface area contributed by atoms with Crippen molar-refractivity contribution in [3.63, 3.8) is 0 Å². The van der Waals surface area contributed by atoms with Gasteiger partial charge in [0.15, 0.2) is 0 Å². The van der Waals surface area contributed by atoms with E-state index in [0.29, 0.717) is 18.0 Å². The van der Waals surface area contributed by atoms with Gasteiger partial charge in [-0.1, -0.05) is 11.6 Å². The first-order valence-corrected chi connectivity index (χ1v) is 9.17. The zero-order chi connectivity index (χ0) is 16.9. The molecule has 0 saturated carbocycles. The van der Waals surface area contributed by atoms with Gasteiger partial charge in [-0.05, 0) is 38.0 Å². The number of carbonyl (C=O) groups excluding carboxylic acids is 1. The van der Waals surface area contributed by atoms with E-state index in [1.165, 1.54) is 4.88 Å². The first kappa shape index (κ1) is 16.9. The molecule has 2 N–H and O–H groups in total. The van der Waals surface area contributed by atoms with Crippen molar-refractivity contribution >= 4 is 39.9 Å². The summed E-state index contributed by atoms with van der Waals surface area (Å²) in [6.07, 6.45) is 2.90. The Morgan fingerprint density at radius 3 is 3.04 bits per heavy atom. The first-order valence-electron chi connectivity index (χ1n) is 7.91. The SMILES string of the molecule is Cc1ncsc1CCC(=O)NCCCc1nc2ccc(Cl)cc2[nH]1. The molecule has 0 bridgehead atoms. The number of fused-ring (bicyclic) bond motifs is 1. The van der Waals surface area contributed by atoms with Gasteiger partial charge in [-0.15, -0.1) is 11.3 Å². The number of rotatable bonds is 7. The molecule has 0 aliphatic heterocycles. The van der Waals surface area contributed by atoms with Crippen LogP contribution in [0.4, 0.5) is 0 Å². The standard InChI is InChI=1S/C17H19ClN4OS/c1-11-15(24-10-20-11)6-7-17(23)19-8-2-3-16-21-13-5-4-12(18)9-14(13)22-16/h4-5,9-10H,2-3,6-8H2,1H3,(H,19,23)(H,21,22). The van der Waals surface area contributed by atoms with Crippen LogP contribution in [-0.4, -0.2) is 27.4 Å². The van der Waals surface area contributed by atoms with Crippen LogP contribution >= 0.6 is 22.9 Å². The highest BCUT2D eigenvalue weighted by Crippen LogP contribution is 2.17. The minimum Gasteiger partial charge on any atom is -0.356 e. The van der Waals surface area contributed by atoms with Crippen LogP contribution in [0.15, 0.2) is 23.7 Å². The monoisotopic (exact) mass is 362 g/mol. The fourth-order valence-electron chi connectivity index (χ4n) is 2.52. The molecule has 7 heteroatoms. The Morgan fingerprint density at radius 2 is 2.25 bits per heavy atom. The van der Waals surface area contributed by atoms with E-state index < -0.39 is 0 Å². The second-order valence-electron chi connectivity index (χ2n) is 5.66. The summed E-state index contributed by atoms with van der Waals surface area (Å²) in [6, 6.07) is 5.61. The predicted octanol–water partition coefficient (Wildman–Crippen LogP) is 3.66. The number of imidazole rings is 1. The van der Waals surface area contributed by atoms with Gasteiger partial charge in [0.2, 0.25) is 5.91 Å². The number of aromatic nitrogens is 3. The lowest BCUT2D eigenvalue weighted by Gasteiger charge is -2.04. The van der Waals surface area contributed by atoms with Crippen molar-refractivity contribution in [2.24, 2.45) is 0 Å². The van der Waals surface area contributed by atoms with Crippen molar-refractivity contribution in [1.29, 1.82) is 0 Å². The second kappa shape index (κ2) is 7.77. The third-order valence-electron chi connectivity index (χ3n) is 3.83. The summed E-state index contributed by atoms with van der Waals surface area (Å²) in [7, 11) is 0. The number of nitrogens with zero attached hydrogens (tertiary/aromatic N) is 2. The summed E-state index contributed by atoms with van der Waals surface area (Å²) in [6.45, 7) is 2.63. The Morgan fingerprint density at radius 1 is 1.38 bits per heavy atom. The lowest BCUT2D eigenvalue weighted by atomic mass is 10.2. The maximum Gasteiger partial charge on any atom is 0.220 e. The largest absolute Gasteiger partial charge is 0.356 e. The molecule has 0 radical (unpaired) electrons. The van der Waals surface area contributed by atoms with Crippen LogP contribution in [0.2, 0.25) is 5.02 Å². The molecule has 0 spiro atoms. The molecule has 24 heavy (non-hydrogen) atoms. The second-order valence-corrected chi connectivity index (χ2v) is 7.04. The average Bonchev–Trinajstić information content (AvgIpc) is 3.14. The summed E-state index contributed by atoms with van der Waals surface area (Å²) in [5.74, 6) is 1.00. The molecule has 2 heterocycles. The van der Waals surface area contributed by atoms with Crippen LogP contribution in [0, 0.1) is 6.92 Å². The Balaban J connectivity index is 1.39. The zero-order valence-electron chi connectivity index (χ0n) is 13.4. The van der Waals surface area contributed by atoms with E-state index >= 15 is 0 Å². The van der Waals surface area contributed by atoms with Gasteiger partial charge in [-0.2, -0.15) is 0 Å². The van der Waals surface area contributed by atoms with E-state index in [0.717, 1.165) is 41.8 Å². The highest BCUT2D eigenvalue weighted by atomic mass is 35.5.